The number of hydrogen-bond donors (Lipinski definition) is 2. The molecule has 1 saturated heterocycles. The zero-order valence-corrected chi connectivity index (χ0v) is 18.2. The van der Waals surface area contributed by atoms with Gasteiger partial charge in [-0.25, -0.2) is 14.8 Å². The maximum absolute atomic E-state index is 12.8. The number of fused-ring (bicyclic) bond motifs is 1. The van der Waals surface area contributed by atoms with Crippen molar-refractivity contribution in [2.45, 2.75) is 12.6 Å². The third-order valence-electron chi connectivity index (χ3n) is 5.38. The minimum absolute atomic E-state index is 0.0340. The van der Waals surface area contributed by atoms with Crippen molar-refractivity contribution in [3.8, 4) is 0 Å². The molecule has 0 bridgehead atoms. The first-order chi connectivity index (χ1) is 15.4. The van der Waals surface area contributed by atoms with Crippen LogP contribution < -0.4 is 11.1 Å². The highest BCUT2D eigenvalue weighted by Gasteiger charge is 2.32. The fraction of sp³-hybridized carbons (Fsp3) is 0.273. The lowest BCUT2D eigenvalue weighted by atomic mass is 10.1. The van der Waals surface area contributed by atoms with E-state index in [-0.39, 0.29) is 18.5 Å². The Morgan fingerprint density at radius 1 is 1.25 bits per heavy atom. The second-order valence-electron chi connectivity index (χ2n) is 7.45. The summed E-state index contributed by atoms with van der Waals surface area (Å²) in [4.78, 5) is 36.8. The summed E-state index contributed by atoms with van der Waals surface area (Å²) in [6, 6.07) is 12.2. The lowest BCUT2D eigenvalue weighted by Gasteiger charge is -2.38. The molecule has 2 aromatic carbocycles. The van der Waals surface area contributed by atoms with Gasteiger partial charge in [0.15, 0.2) is 0 Å². The lowest BCUT2D eigenvalue weighted by Crippen LogP contribution is -2.57. The van der Waals surface area contributed by atoms with Crippen molar-refractivity contribution in [3.63, 3.8) is 0 Å². The minimum atomic E-state index is -0.461. The number of nitrogens with one attached hydrogen (secondary N) is 1. The molecule has 0 aliphatic carbocycles. The first-order valence-electron chi connectivity index (χ1n) is 10.1. The highest BCUT2D eigenvalue weighted by Crippen LogP contribution is 2.21. The summed E-state index contributed by atoms with van der Waals surface area (Å²) in [6.07, 6.45) is 1.45. The third kappa shape index (κ3) is 4.74. The number of amides is 3. The number of anilines is 2. The van der Waals surface area contributed by atoms with E-state index in [2.05, 4.69) is 15.3 Å². The molecule has 1 atom stereocenters. The van der Waals surface area contributed by atoms with Crippen LogP contribution in [0.25, 0.3) is 10.9 Å². The molecule has 0 spiro atoms. The summed E-state index contributed by atoms with van der Waals surface area (Å²) in [6.45, 7) is 0.718. The highest BCUT2D eigenvalue weighted by molar-refractivity contribution is 6.30. The number of aromatic nitrogens is 2. The van der Waals surface area contributed by atoms with Gasteiger partial charge in [-0.2, -0.15) is 0 Å². The molecule has 4 rings (SSSR count). The minimum Gasteiger partial charge on any atom is -0.383 e. The van der Waals surface area contributed by atoms with Crippen LogP contribution in [-0.2, 0) is 16.0 Å². The SMILES string of the molecule is COC(Cc1ccc2c(N)ncnc2c1)N1CCN(C(=O)Nc2cccc(Cl)c2)CC1=O. The van der Waals surface area contributed by atoms with Crippen LogP contribution in [0.15, 0.2) is 48.8 Å². The predicted octanol–water partition coefficient (Wildman–Crippen LogP) is 2.76. The molecule has 1 unspecified atom stereocenters. The molecule has 1 aliphatic rings. The van der Waals surface area contributed by atoms with Crippen LogP contribution in [0, 0.1) is 0 Å². The molecule has 0 radical (unpaired) electrons. The maximum atomic E-state index is 12.8. The van der Waals surface area contributed by atoms with Crippen LogP contribution >= 0.6 is 11.6 Å². The molecule has 1 fully saturated rings. The number of halogens is 1. The van der Waals surface area contributed by atoms with Crippen LogP contribution in [0.1, 0.15) is 5.56 Å². The number of carbonyl (C=O) groups is 2. The van der Waals surface area contributed by atoms with Gasteiger partial charge in [0.2, 0.25) is 5.91 Å². The number of rotatable bonds is 5. The summed E-state index contributed by atoms with van der Waals surface area (Å²) in [7, 11) is 1.57. The molecule has 32 heavy (non-hydrogen) atoms. The van der Waals surface area contributed by atoms with Gasteiger partial charge in [0, 0.05) is 42.7 Å². The summed E-state index contributed by atoms with van der Waals surface area (Å²) < 4.78 is 5.62. The van der Waals surface area contributed by atoms with E-state index < -0.39 is 6.23 Å². The molecule has 3 N–H and O–H groups in total. The Morgan fingerprint density at radius 2 is 2.09 bits per heavy atom. The average molecular weight is 455 g/mol. The van der Waals surface area contributed by atoms with Gasteiger partial charge < -0.3 is 25.6 Å². The monoisotopic (exact) mass is 454 g/mol. The zero-order chi connectivity index (χ0) is 22.7. The number of methoxy groups -OCH3 is 1. The zero-order valence-electron chi connectivity index (χ0n) is 17.5. The second-order valence-corrected chi connectivity index (χ2v) is 7.89. The second kappa shape index (κ2) is 9.37. The van der Waals surface area contributed by atoms with Gasteiger partial charge >= 0.3 is 6.03 Å². The van der Waals surface area contributed by atoms with Crippen LogP contribution in [0.3, 0.4) is 0 Å². The summed E-state index contributed by atoms with van der Waals surface area (Å²) in [5.41, 5.74) is 8.16. The van der Waals surface area contributed by atoms with E-state index in [1.54, 1.807) is 36.3 Å². The first-order valence-corrected chi connectivity index (χ1v) is 10.5. The van der Waals surface area contributed by atoms with Gasteiger partial charge in [0.05, 0.1) is 5.52 Å². The number of benzene rings is 2. The molecule has 1 aromatic heterocycles. The molecule has 1 aliphatic heterocycles. The molecule has 3 aromatic rings. The van der Waals surface area contributed by atoms with E-state index in [0.717, 1.165) is 16.5 Å². The van der Waals surface area contributed by atoms with Crippen molar-refractivity contribution < 1.29 is 14.3 Å². The van der Waals surface area contributed by atoms with E-state index in [1.165, 1.54) is 11.2 Å². The molecular formula is C22H23ClN6O3. The van der Waals surface area contributed by atoms with Gasteiger partial charge in [0.1, 0.15) is 24.9 Å². The molecule has 3 amide bonds. The van der Waals surface area contributed by atoms with Crippen LogP contribution in [0.4, 0.5) is 16.3 Å². The van der Waals surface area contributed by atoms with Gasteiger partial charge in [0.25, 0.3) is 0 Å². The molecule has 2 heterocycles. The van der Waals surface area contributed by atoms with Crippen molar-refractivity contribution >= 4 is 45.9 Å². The fourth-order valence-electron chi connectivity index (χ4n) is 3.71. The molecule has 9 nitrogen and oxygen atoms in total. The number of nitrogens with zero attached hydrogens (tertiary/aromatic N) is 4. The number of nitrogens with two attached hydrogens (primary N) is 1. The van der Waals surface area contributed by atoms with Crippen molar-refractivity contribution in [2.75, 3.05) is 37.8 Å². The van der Waals surface area contributed by atoms with Gasteiger partial charge in [-0.15, -0.1) is 0 Å². The lowest BCUT2D eigenvalue weighted by molar-refractivity contribution is -0.148. The number of hydrogen-bond acceptors (Lipinski definition) is 6. The predicted molar refractivity (Wildman–Crippen MR) is 122 cm³/mol. The normalized spacial score (nSPS) is 15.1. The van der Waals surface area contributed by atoms with E-state index >= 15 is 0 Å². The number of piperazine rings is 1. The summed E-state index contributed by atoms with van der Waals surface area (Å²) in [5, 5.41) is 4.07. The van der Waals surface area contributed by atoms with E-state index in [0.29, 0.717) is 36.0 Å². The maximum Gasteiger partial charge on any atom is 0.322 e. The fourth-order valence-corrected chi connectivity index (χ4v) is 3.90. The Hall–Kier alpha value is -3.43. The third-order valence-corrected chi connectivity index (χ3v) is 5.62. The van der Waals surface area contributed by atoms with Crippen LogP contribution in [-0.4, -0.2) is 64.7 Å². The summed E-state index contributed by atoms with van der Waals surface area (Å²) >= 11 is 5.96. The van der Waals surface area contributed by atoms with E-state index in [1.807, 2.05) is 18.2 Å². The Kier molecular flexibility index (Phi) is 6.38. The molecule has 0 saturated carbocycles. The van der Waals surface area contributed by atoms with Crippen LogP contribution in [0.5, 0.6) is 0 Å². The Bertz CT molecular complexity index is 1160. The quantitative estimate of drug-likeness (QED) is 0.612. The molecular weight excluding hydrogens is 432 g/mol. The smallest absolute Gasteiger partial charge is 0.322 e. The molecule has 166 valence electrons. The van der Waals surface area contributed by atoms with E-state index in [4.69, 9.17) is 22.1 Å². The van der Waals surface area contributed by atoms with Crippen molar-refractivity contribution in [3.05, 3.63) is 59.4 Å². The Labute approximate surface area is 190 Å². The average Bonchev–Trinajstić information content (AvgIpc) is 2.78. The Balaban J connectivity index is 1.40. The number of ether oxygens (including phenoxy) is 1. The molecule has 10 heteroatoms. The number of carbonyl (C=O) groups excluding carboxylic acids is 2. The van der Waals surface area contributed by atoms with Crippen molar-refractivity contribution in [1.82, 2.24) is 19.8 Å². The summed E-state index contributed by atoms with van der Waals surface area (Å²) in [5.74, 6) is 0.240. The highest BCUT2D eigenvalue weighted by atomic mass is 35.5. The number of urea groups is 1. The van der Waals surface area contributed by atoms with Crippen LogP contribution in [0.2, 0.25) is 5.02 Å². The number of nitrogen functional groups attached to an aromatic ring is 1. The largest absolute Gasteiger partial charge is 0.383 e. The van der Waals surface area contributed by atoms with Crippen molar-refractivity contribution in [2.24, 2.45) is 0 Å². The Morgan fingerprint density at radius 3 is 2.84 bits per heavy atom. The van der Waals surface area contributed by atoms with E-state index in [9.17, 15) is 9.59 Å². The standard InChI is InChI=1S/C22H23ClN6O3/c1-32-20(10-14-5-6-17-18(9-14)25-13-26-21(17)24)29-8-7-28(12-19(29)30)22(31)27-16-4-2-3-15(23)11-16/h2-6,9,11,13,20H,7-8,10,12H2,1H3,(H,27,31)(H2,24,25,26). The first kappa shape index (κ1) is 21.8. The van der Waals surface area contributed by atoms with Gasteiger partial charge in [-0.1, -0.05) is 23.7 Å². The van der Waals surface area contributed by atoms with Crippen molar-refractivity contribution in [1.29, 1.82) is 0 Å². The topological polar surface area (TPSA) is 114 Å². The van der Waals surface area contributed by atoms with Gasteiger partial charge in [-0.3, -0.25) is 4.79 Å². The van der Waals surface area contributed by atoms with Gasteiger partial charge in [-0.05, 0) is 35.9 Å².